The predicted molar refractivity (Wildman–Crippen MR) is 89.2 cm³/mol. The van der Waals surface area contributed by atoms with Crippen molar-refractivity contribution in [3.05, 3.63) is 29.8 Å². The van der Waals surface area contributed by atoms with E-state index in [1.165, 1.54) is 49.1 Å². The minimum Gasteiger partial charge on any atom is -0.328 e. The van der Waals surface area contributed by atoms with Crippen LogP contribution in [0.4, 0.5) is 0 Å². The summed E-state index contributed by atoms with van der Waals surface area (Å²) in [5, 5.41) is 0. The summed E-state index contributed by atoms with van der Waals surface area (Å²) in [6.45, 7) is 4.56. The molecule has 0 amide bonds. The molecule has 0 heterocycles. The zero-order valence-electron chi connectivity index (χ0n) is 12.8. The first kappa shape index (κ1) is 15.9. The molecule has 1 aromatic rings. The number of hydrogen-bond acceptors (Lipinski definition) is 3. The van der Waals surface area contributed by atoms with E-state index in [2.05, 4.69) is 42.3 Å². The Balaban J connectivity index is 1.97. The molecule has 3 heteroatoms. The smallest absolute Gasteiger partial charge is 0.0236 e. The van der Waals surface area contributed by atoms with Gasteiger partial charge in [0.05, 0.1) is 0 Å². The fourth-order valence-electron chi connectivity index (χ4n) is 3.11. The second-order valence-electron chi connectivity index (χ2n) is 5.89. The van der Waals surface area contributed by atoms with E-state index in [1.807, 2.05) is 11.8 Å². The minimum absolute atomic E-state index is 0.440. The van der Waals surface area contributed by atoms with E-state index in [1.54, 1.807) is 0 Å². The highest BCUT2D eigenvalue weighted by Gasteiger charge is 2.23. The first-order chi connectivity index (χ1) is 9.72. The SMILES string of the molecule is CCCN(Cc1ccc(SC)cc1)C1CCC(N)CC1. The Morgan fingerprint density at radius 2 is 1.80 bits per heavy atom. The molecule has 112 valence electrons. The molecule has 1 saturated carbocycles. The Bertz CT molecular complexity index is 382. The minimum atomic E-state index is 0.440. The van der Waals surface area contributed by atoms with Crippen LogP contribution in [0.1, 0.15) is 44.6 Å². The predicted octanol–water partition coefficient (Wildman–Crippen LogP) is 3.89. The van der Waals surface area contributed by atoms with Crippen LogP contribution in [0.25, 0.3) is 0 Å². The normalized spacial score (nSPS) is 23.2. The monoisotopic (exact) mass is 292 g/mol. The Labute approximate surface area is 128 Å². The summed E-state index contributed by atoms with van der Waals surface area (Å²) in [5.74, 6) is 0. The number of nitrogens with two attached hydrogens (primary N) is 1. The van der Waals surface area contributed by atoms with Crippen molar-refractivity contribution in [2.75, 3.05) is 12.8 Å². The molecule has 0 aliphatic heterocycles. The van der Waals surface area contributed by atoms with Crippen LogP contribution >= 0.6 is 11.8 Å². The van der Waals surface area contributed by atoms with Gasteiger partial charge in [0.2, 0.25) is 0 Å². The standard InChI is InChI=1S/C17H28N2S/c1-3-12-19(16-8-6-15(18)7-9-16)13-14-4-10-17(20-2)11-5-14/h4-5,10-11,15-16H,3,6-9,12-13,18H2,1-2H3. The average Bonchev–Trinajstić information content (AvgIpc) is 2.48. The molecular weight excluding hydrogens is 264 g/mol. The molecule has 0 saturated heterocycles. The quantitative estimate of drug-likeness (QED) is 0.807. The highest BCUT2D eigenvalue weighted by atomic mass is 32.2. The van der Waals surface area contributed by atoms with Crippen LogP contribution in [-0.4, -0.2) is 29.8 Å². The molecule has 2 rings (SSSR count). The molecule has 0 aromatic heterocycles. The van der Waals surface area contributed by atoms with Crippen LogP contribution in [0.15, 0.2) is 29.2 Å². The third-order valence-electron chi connectivity index (χ3n) is 4.31. The molecule has 0 atom stereocenters. The van der Waals surface area contributed by atoms with E-state index >= 15 is 0 Å². The van der Waals surface area contributed by atoms with Gasteiger partial charge in [-0.3, -0.25) is 4.90 Å². The van der Waals surface area contributed by atoms with Crippen molar-refractivity contribution in [3.8, 4) is 0 Å². The summed E-state index contributed by atoms with van der Waals surface area (Å²) in [5.41, 5.74) is 7.47. The largest absolute Gasteiger partial charge is 0.328 e. The lowest BCUT2D eigenvalue weighted by molar-refractivity contribution is 0.142. The van der Waals surface area contributed by atoms with E-state index in [0.29, 0.717) is 6.04 Å². The van der Waals surface area contributed by atoms with Gasteiger partial charge in [-0.1, -0.05) is 19.1 Å². The van der Waals surface area contributed by atoms with Crippen LogP contribution in [0.5, 0.6) is 0 Å². The van der Waals surface area contributed by atoms with E-state index in [9.17, 15) is 0 Å². The van der Waals surface area contributed by atoms with Gasteiger partial charge in [0, 0.05) is 23.5 Å². The zero-order valence-corrected chi connectivity index (χ0v) is 13.7. The lowest BCUT2D eigenvalue weighted by atomic mass is 9.90. The fourth-order valence-corrected chi connectivity index (χ4v) is 3.52. The average molecular weight is 292 g/mol. The number of thioether (sulfide) groups is 1. The lowest BCUT2D eigenvalue weighted by Gasteiger charge is -2.36. The first-order valence-electron chi connectivity index (χ1n) is 7.85. The number of benzene rings is 1. The number of hydrogen-bond donors (Lipinski definition) is 1. The van der Waals surface area contributed by atoms with Gasteiger partial charge in [-0.25, -0.2) is 0 Å². The number of rotatable bonds is 6. The molecule has 2 N–H and O–H groups in total. The van der Waals surface area contributed by atoms with Crippen molar-refractivity contribution < 1.29 is 0 Å². The second kappa shape index (κ2) is 8.06. The fraction of sp³-hybridized carbons (Fsp3) is 0.647. The topological polar surface area (TPSA) is 29.3 Å². The highest BCUT2D eigenvalue weighted by Crippen LogP contribution is 2.24. The Hall–Kier alpha value is -0.510. The Morgan fingerprint density at radius 3 is 2.35 bits per heavy atom. The molecule has 1 fully saturated rings. The summed E-state index contributed by atoms with van der Waals surface area (Å²) in [7, 11) is 0. The van der Waals surface area contributed by atoms with Crippen LogP contribution in [0.3, 0.4) is 0 Å². The van der Waals surface area contributed by atoms with Gasteiger partial charge in [0.15, 0.2) is 0 Å². The van der Waals surface area contributed by atoms with Crippen molar-refractivity contribution in [1.82, 2.24) is 4.90 Å². The molecule has 1 aromatic carbocycles. The van der Waals surface area contributed by atoms with E-state index < -0.39 is 0 Å². The van der Waals surface area contributed by atoms with Crippen LogP contribution < -0.4 is 5.73 Å². The van der Waals surface area contributed by atoms with Crippen LogP contribution in [0.2, 0.25) is 0 Å². The van der Waals surface area contributed by atoms with Gasteiger partial charge in [-0.2, -0.15) is 0 Å². The van der Waals surface area contributed by atoms with Gasteiger partial charge >= 0.3 is 0 Å². The summed E-state index contributed by atoms with van der Waals surface area (Å²) in [4.78, 5) is 4.01. The van der Waals surface area contributed by atoms with Crippen LogP contribution in [-0.2, 0) is 6.54 Å². The van der Waals surface area contributed by atoms with Gasteiger partial charge in [-0.05, 0) is 62.6 Å². The maximum absolute atomic E-state index is 6.03. The Kier molecular flexibility index (Phi) is 6.40. The summed E-state index contributed by atoms with van der Waals surface area (Å²) < 4.78 is 0. The third-order valence-corrected chi connectivity index (χ3v) is 5.06. The molecule has 2 nitrogen and oxygen atoms in total. The van der Waals surface area contributed by atoms with Crippen molar-refractivity contribution in [1.29, 1.82) is 0 Å². The Morgan fingerprint density at radius 1 is 1.15 bits per heavy atom. The molecule has 0 unspecified atom stereocenters. The van der Waals surface area contributed by atoms with Crippen molar-refractivity contribution in [2.45, 2.75) is 62.6 Å². The molecule has 0 radical (unpaired) electrons. The van der Waals surface area contributed by atoms with Crippen molar-refractivity contribution in [2.24, 2.45) is 5.73 Å². The molecule has 0 spiro atoms. The van der Waals surface area contributed by atoms with Crippen molar-refractivity contribution in [3.63, 3.8) is 0 Å². The maximum atomic E-state index is 6.03. The molecule has 1 aliphatic carbocycles. The molecular formula is C17H28N2S. The van der Waals surface area contributed by atoms with E-state index in [4.69, 9.17) is 5.73 Å². The molecule has 0 bridgehead atoms. The third kappa shape index (κ3) is 4.51. The maximum Gasteiger partial charge on any atom is 0.0236 e. The van der Waals surface area contributed by atoms with E-state index in [0.717, 1.165) is 12.6 Å². The van der Waals surface area contributed by atoms with Gasteiger partial charge in [0.25, 0.3) is 0 Å². The van der Waals surface area contributed by atoms with Gasteiger partial charge in [-0.15, -0.1) is 11.8 Å². The van der Waals surface area contributed by atoms with Crippen LogP contribution in [0, 0.1) is 0 Å². The van der Waals surface area contributed by atoms with Gasteiger partial charge < -0.3 is 5.73 Å². The molecule has 1 aliphatic rings. The summed E-state index contributed by atoms with van der Waals surface area (Å²) in [6.07, 6.45) is 8.27. The van der Waals surface area contributed by atoms with Crippen molar-refractivity contribution >= 4 is 11.8 Å². The first-order valence-corrected chi connectivity index (χ1v) is 9.08. The lowest BCUT2D eigenvalue weighted by Crippen LogP contribution is -2.40. The highest BCUT2D eigenvalue weighted by molar-refractivity contribution is 7.98. The molecule has 20 heavy (non-hydrogen) atoms. The zero-order chi connectivity index (χ0) is 14.4. The number of nitrogens with zero attached hydrogens (tertiary/aromatic N) is 1. The summed E-state index contributed by atoms with van der Waals surface area (Å²) >= 11 is 1.81. The summed E-state index contributed by atoms with van der Waals surface area (Å²) in [6, 6.07) is 10.2. The van der Waals surface area contributed by atoms with E-state index in [-0.39, 0.29) is 0 Å². The second-order valence-corrected chi connectivity index (χ2v) is 6.77. The van der Waals surface area contributed by atoms with Gasteiger partial charge in [0.1, 0.15) is 0 Å².